The van der Waals surface area contributed by atoms with Crippen LogP contribution in [0.15, 0.2) is 36.7 Å². The van der Waals surface area contributed by atoms with Gasteiger partial charge in [0.25, 0.3) is 0 Å². The van der Waals surface area contributed by atoms with E-state index in [2.05, 4.69) is 10.1 Å². The number of aromatic hydroxyl groups is 1. The molecule has 2 heterocycles. The third-order valence-corrected chi connectivity index (χ3v) is 3.01. The normalized spacial score (nSPS) is 10.8. The van der Waals surface area contributed by atoms with Crippen LogP contribution in [0.3, 0.4) is 0 Å². The number of aryl methyl sites for hydroxylation is 1. The molecule has 3 rings (SSSR count). The van der Waals surface area contributed by atoms with Crippen LogP contribution in [0.1, 0.15) is 10.4 Å². The Hall–Kier alpha value is -2.69. The van der Waals surface area contributed by atoms with Crippen LogP contribution in [0.5, 0.6) is 5.75 Å². The number of benzene rings is 1. The lowest BCUT2D eigenvalue weighted by molar-refractivity contribution is 0.112. The van der Waals surface area contributed by atoms with Gasteiger partial charge in [-0.2, -0.15) is 5.10 Å². The van der Waals surface area contributed by atoms with Gasteiger partial charge in [0.15, 0.2) is 11.9 Å². The molecule has 1 aromatic carbocycles. The summed E-state index contributed by atoms with van der Waals surface area (Å²) < 4.78 is 1.59. The minimum Gasteiger partial charge on any atom is -0.506 e. The van der Waals surface area contributed by atoms with Gasteiger partial charge in [-0.1, -0.05) is 24.3 Å². The fourth-order valence-corrected chi connectivity index (χ4v) is 2.11. The number of carbonyl (C=O) groups excluding carboxylic acids is 1. The van der Waals surface area contributed by atoms with Gasteiger partial charge in [0, 0.05) is 30.6 Å². The second-order valence-corrected chi connectivity index (χ2v) is 4.27. The van der Waals surface area contributed by atoms with E-state index in [1.165, 1.54) is 6.20 Å². The molecule has 0 unspecified atom stereocenters. The van der Waals surface area contributed by atoms with Crippen LogP contribution in [0.2, 0.25) is 0 Å². The Morgan fingerprint density at radius 2 is 2.05 bits per heavy atom. The van der Waals surface area contributed by atoms with Crippen LogP contribution in [-0.4, -0.2) is 26.2 Å². The van der Waals surface area contributed by atoms with Crippen molar-refractivity contribution in [3.8, 4) is 16.9 Å². The lowest BCUT2D eigenvalue weighted by Crippen LogP contribution is -1.89. The molecule has 2 aromatic heterocycles. The highest BCUT2D eigenvalue weighted by Gasteiger charge is 2.14. The lowest BCUT2D eigenvalue weighted by Gasteiger charge is -2.06. The molecular weight excluding hydrogens is 242 g/mol. The molecule has 0 radical (unpaired) electrons. The summed E-state index contributed by atoms with van der Waals surface area (Å²) in [6, 6.07) is 7.08. The van der Waals surface area contributed by atoms with Crippen LogP contribution in [-0.2, 0) is 7.05 Å². The zero-order valence-electron chi connectivity index (χ0n) is 10.2. The van der Waals surface area contributed by atoms with E-state index in [9.17, 15) is 9.90 Å². The molecule has 0 aliphatic rings. The average Bonchev–Trinajstić information content (AvgIpc) is 2.81. The van der Waals surface area contributed by atoms with Gasteiger partial charge in [0.05, 0.1) is 5.39 Å². The Morgan fingerprint density at radius 1 is 1.26 bits per heavy atom. The van der Waals surface area contributed by atoms with Gasteiger partial charge in [0.1, 0.15) is 5.75 Å². The summed E-state index contributed by atoms with van der Waals surface area (Å²) in [6.07, 6.45) is 4.00. The van der Waals surface area contributed by atoms with Crippen LogP contribution in [0.25, 0.3) is 22.2 Å². The number of hydrogen-bond acceptors (Lipinski definition) is 4. The van der Waals surface area contributed by atoms with Crippen molar-refractivity contribution in [2.24, 2.45) is 7.05 Å². The zero-order chi connectivity index (χ0) is 13.4. The predicted molar refractivity (Wildman–Crippen MR) is 71.0 cm³/mol. The van der Waals surface area contributed by atoms with E-state index in [-0.39, 0.29) is 5.75 Å². The van der Waals surface area contributed by atoms with Crippen molar-refractivity contribution < 1.29 is 9.90 Å². The summed E-state index contributed by atoms with van der Waals surface area (Å²) in [5.74, 6) is 0.0902. The first-order chi connectivity index (χ1) is 9.20. The number of carbonyl (C=O) groups is 1. The molecule has 0 saturated carbocycles. The number of nitrogens with zero attached hydrogens (tertiary/aromatic N) is 3. The third kappa shape index (κ3) is 1.76. The van der Waals surface area contributed by atoms with Crippen LogP contribution in [0, 0.1) is 0 Å². The van der Waals surface area contributed by atoms with Gasteiger partial charge in [-0.15, -0.1) is 0 Å². The Bertz CT molecular complexity index is 777. The largest absolute Gasteiger partial charge is 0.506 e. The van der Waals surface area contributed by atoms with Gasteiger partial charge in [-0.3, -0.25) is 9.48 Å². The molecule has 0 atom stereocenters. The molecule has 19 heavy (non-hydrogen) atoms. The van der Waals surface area contributed by atoms with Crippen molar-refractivity contribution in [1.82, 2.24) is 14.8 Å². The number of aldehydes is 1. The average molecular weight is 253 g/mol. The monoisotopic (exact) mass is 253 g/mol. The predicted octanol–water partition coefficient (Wildman–Crippen LogP) is 2.15. The number of rotatable bonds is 2. The van der Waals surface area contributed by atoms with Crippen molar-refractivity contribution in [3.63, 3.8) is 0 Å². The molecule has 0 saturated heterocycles. The molecular formula is C14H11N3O2. The fourth-order valence-electron chi connectivity index (χ4n) is 2.11. The molecule has 5 nitrogen and oxygen atoms in total. The van der Waals surface area contributed by atoms with E-state index in [1.807, 2.05) is 6.07 Å². The Balaban J connectivity index is 2.30. The van der Waals surface area contributed by atoms with Gasteiger partial charge < -0.3 is 5.11 Å². The standard InChI is InChI=1S/C14H11N3O2/c1-17-7-12-13(19)11(6-15-14(12)16-17)10-5-3-2-4-9(10)8-18/h2-8,19H,1H3. The lowest BCUT2D eigenvalue weighted by atomic mass is 10.0. The molecule has 0 aliphatic carbocycles. The minimum absolute atomic E-state index is 0.0902. The Morgan fingerprint density at radius 3 is 2.84 bits per heavy atom. The maximum Gasteiger partial charge on any atom is 0.184 e. The summed E-state index contributed by atoms with van der Waals surface area (Å²) in [5, 5.41) is 15.0. The quantitative estimate of drug-likeness (QED) is 0.710. The summed E-state index contributed by atoms with van der Waals surface area (Å²) in [4.78, 5) is 15.3. The van der Waals surface area contributed by atoms with Crippen LogP contribution >= 0.6 is 0 Å². The number of pyridine rings is 1. The highest BCUT2D eigenvalue weighted by molar-refractivity contribution is 5.94. The highest BCUT2D eigenvalue weighted by atomic mass is 16.3. The molecule has 0 aliphatic heterocycles. The van der Waals surface area contributed by atoms with E-state index < -0.39 is 0 Å². The summed E-state index contributed by atoms with van der Waals surface area (Å²) in [5.41, 5.74) is 2.19. The van der Waals surface area contributed by atoms with Gasteiger partial charge in [-0.05, 0) is 5.56 Å². The molecule has 0 spiro atoms. The second-order valence-electron chi connectivity index (χ2n) is 4.27. The zero-order valence-corrected chi connectivity index (χ0v) is 10.2. The maximum absolute atomic E-state index is 11.1. The molecule has 94 valence electrons. The van der Waals surface area contributed by atoms with E-state index in [1.54, 1.807) is 36.1 Å². The van der Waals surface area contributed by atoms with Gasteiger partial charge >= 0.3 is 0 Å². The molecule has 3 aromatic rings. The first-order valence-corrected chi connectivity index (χ1v) is 5.76. The molecule has 0 fully saturated rings. The van der Waals surface area contributed by atoms with Crippen LogP contribution < -0.4 is 0 Å². The number of fused-ring (bicyclic) bond motifs is 1. The maximum atomic E-state index is 11.1. The van der Waals surface area contributed by atoms with E-state index >= 15 is 0 Å². The second kappa shape index (κ2) is 4.20. The minimum atomic E-state index is 0.0902. The smallest absolute Gasteiger partial charge is 0.184 e. The highest BCUT2D eigenvalue weighted by Crippen LogP contribution is 2.35. The van der Waals surface area contributed by atoms with Gasteiger partial charge in [-0.25, -0.2) is 4.98 Å². The molecule has 0 amide bonds. The topological polar surface area (TPSA) is 68.0 Å². The van der Waals surface area contributed by atoms with Crippen molar-refractivity contribution in [2.75, 3.05) is 0 Å². The molecule has 1 N–H and O–H groups in total. The van der Waals surface area contributed by atoms with E-state index in [0.717, 1.165) is 6.29 Å². The summed E-state index contributed by atoms with van der Waals surface area (Å²) in [7, 11) is 1.76. The number of aromatic nitrogens is 3. The third-order valence-electron chi connectivity index (χ3n) is 3.01. The fraction of sp³-hybridized carbons (Fsp3) is 0.0714. The van der Waals surface area contributed by atoms with E-state index in [0.29, 0.717) is 27.7 Å². The summed E-state index contributed by atoms with van der Waals surface area (Å²) >= 11 is 0. The van der Waals surface area contributed by atoms with Crippen molar-refractivity contribution in [2.45, 2.75) is 0 Å². The van der Waals surface area contributed by atoms with Crippen molar-refractivity contribution in [3.05, 3.63) is 42.2 Å². The SMILES string of the molecule is Cn1cc2c(O)c(-c3ccccc3C=O)cnc2n1. The van der Waals surface area contributed by atoms with Crippen LogP contribution in [0.4, 0.5) is 0 Å². The van der Waals surface area contributed by atoms with Crippen molar-refractivity contribution >= 4 is 17.3 Å². The number of hydrogen-bond donors (Lipinski definition) is 1. The molecule has 5 heteroatoms. The first kappa shape index (κ1) is 11.4. The Labute approximate surface area is 109 Å². The molecule has 0 bridgehead atoms. The Kier molecular flexibility index (Phi) is 2.52. The van der Waals surface area contributed by atoms with E-state index in [4.69, 9.17) is 0 Å². The first-order valence-electron chi connectivity index (χ1n) is 5.76. The van der Waals surface area contributed by atoms with Crippen molar-refractivity contribution in [1.29, 1.82) is 0 Å². The summed E-state index contributed by atoms with van der Waals surface area (Å²) in [6.45, 7) is 0. The van der Waals surface area contributed by atoms with Gasteiger partial charge in [0.2, 0.25) is 0 Å².